The number of hydrogen-bond donors (Lipinski definition) is 1. The minimum atomic E-state index is -0.132. The van der Waals surface area contributed by atoms with Crippen molar-refractivity contribution < 1.29 is 0 Å². The van der Waals surface area contributed by atoms with Crippen LogP contribution in [0.4, 0.5) is 11.4 Å². The molecule has 0 saturated heterocycles. The highest BCUT2D eigenvalue weighted by Gasteiger charge is 2.41. The molecule has 0 atom stereocenters. The predicted molar refractivity (Wildman–Crippen MR) is 240 cm³/mol. The van der Waals surface area contributed by atoms with Crippen molar-refractivity contribution in [3.05, 3.63) is 168 Å². The number of anilines is 2. The van der Waals surface area contributed by atoms with Gasteiger partial charge in [0.05, 0.1) is 0 Å². The Kier molecular flexibility index (Phi) is 8.22. The van der Waals surface area contributed by atoms with Crippen LogP contribution in [0.2, 0.25) is 0 Å². The molecule has 55 heavy (non-hydrogen) atoms. The zero-order valence-corrected chi connectivity index (χ0v) is 34.1. The van der Waals surface area contributed by atoms with Gasteiger partial charge in [-0.15, -0.1) is 11.3 Å². The molecule has 0 unspecified atom stereocenters. The Morgan fingerprint density at radius 1 is 0.473 bits per heavy atom. The minimum Gasteiger partial charge on any atom is -0.355 e. The third-order valence-electron chi connectivity index (χ3n) is 11.8. The second-order valence-electron chi connectivity index (χ2n) is 17.9. The van der Waals surface area contributed by atoms with Gasteiger partial charge in [-0.2, -0.15) is 0 Å². The van der Waals surface area contributed by atoms with E-state index in [1.807, 2.05) is 11.3 Å². The minimum absolute atomic E-state index is 0.0316. The highest BCUT2D eigenvalue weighted by Crippen LogP contribution is 2.56. The predicted octanol–water partition coefficient (Wildman–Crippen LogP) is 15.7. The van der Waals surface area contributed by atoms with Gasteiger partial charge in [0.15, 0.2) is 0 Å². The second kappa shape index (κ2) is 12.8. The van der Waals surface area contributed by atoms with Crippen molar-refractivity contribution in [2.24, 2.45) is 0 Å². The molecular weight excluding hydrogens is 683 g/mol. The highest BCUT2D eigenvalue weighted by atomic mass is 32.1. The molecule has 0 amide bonds. The normalized spacial score (nSPS) is 13.6. The van der Waals surface area contributed by atoms with Gasteiger partial charge in [-0.05, 0) is 96.8 Å². The van der Waals surface area contributed by atoms with E-state index >= 15 is 0 Å². The largest absolute Gasteiger partial charge is 0.355 e. The van der Waals surface area contributed by atoms with E-state index in [1.165, 1.54) is 86.9 Å². The standard InChI is InChI=1S/C53H49NS/c1-51(2,3)35-31-42(52(4,5)6)50-43(32-35)53(7,8)41-24-16-22-37(49(41)50)36-20-12-14-25-44(36)54-45-29-28-34(33-18-10-9-11-19-33)30-40(45)38-23-17-27-47-48(38)39-21-13-15-26-46(39)55-47/h9-32,54H,1-8H3. The number of hydrogen-bond acceptors (Lipinski definition) is 2. The first-order valence-corrected chi connectivity index (χ1v) is 20.4. The monoisotopic (exact) mass is 731 g/mol. The maximum atomic E-state index is 4.03. The van der Waals surface area contributed by atoms with Gasteiger partial charge in [0.25, 0.3) is 0 Å². The SMILES string of the molecule is CC(C)(C)c1cc(C(C)(C)C)c2c(c1)C(C)(C)c1cccc(-c3ccccc3Nc3ccc(-c4ccccc4)cc3-c3cccc4sc5ccccc5c34)c1-2. The Balaban J connectivity index is 1.25. The maximum Gasteiger partial charge on any atom is 0.0464 e. The molecule has 272 valence electrons. The van der Waals surface area contributed by atoms with Gasteiger partial charge < -0.3 is 5.32 Å². The molecule has 1 aromatic heterocycles. The number of fused-ring (bicyclic) bond motifs is 6. The van der Waals surface area contributed by atoms with Crippen LogP contribution in [-0.4, -0.2) is 0 Å². The summed E-state index contributed by atoms with van der Waals surface area (Å²) in [5, 5.41) is 6.65. The summed E-state index contributed by atoms with van der Waals surface area (Å²) in [6.07, 6.45) is 0. The van der Waals surface area contributed by atoms with E-state index < -0.39 is 0 Å². The summed E-state index contributed by atoms with van der Waals surface area (Å²) in [6.45, 7) is 19.0. The molecule has 0 radical (unpaired) electrons. The van der Waals surface area contributed by atoms with Gasteiger partial charge in [0.2, 0.25) is 0 Å². The Morgan fingerprint density at radius 3 is 1.91 bits per heavy atom. The topological polar surface area (TPSA) is 12.0 Å². The lowest BCUT2D eigenvalue weighted by Gasteiger charge is -2.30. The van der Waals surface area contributed by atoms with Crippen molar-refractivity contribution >= 4 is 42.9 Å². The molecule has 0 bridgehead atoms. The van der Waals surface area contributed by atoms with Gasteiger partial charge in [0, 0.05) is 48.1 Å². The molecule has 1 heterocycles. The number of benzene rings is 7. The van der Waals surface area contributed by atoms with Crippen LogP contribution in [0.25, 0.3) is 64.7 Å². The van der Waals surface area contributed by atoms with Crippen LogP contribution in [0, 0.1) is 0 Å². The van der Waals surface area contributed by atoms with Gasteiger partial charge >= 0.3 is 0 Å². The van der Waals surface area contributed by atoms with Crippen molar-refractivity contribution in [3.8, 4) is 44.5 Å². The van der Waals surface area contributed by atoms with Crippen LogP contribution in [0.1, 0.15) is 77.6 Å². The zero-order valence-electron chi connectivity index (χ0n) is 33.3. The van der Waals surface area contributed by atoms with E-state index in [0.717, 1.165) is 11.4 Å². The molecule has 1 aliphatic rings. The Bertz CT molecular complexity index is 2770. The lowest BCUT2D eigenvalue weighted by Crippen LogP contribution is -2.21. The molecule has 0 fully saturated rings. The van der Waals surface area contributed by atoms with Gasteiger partial charge in [0.1, 0.15) is 0 Å². The van der Waals surface area contributed by atoms with E-state index in [0.29, 0.717) is 0 Å². The smallest absolute Gasteiger partial charge is 0.0464 e. The third-order valence-corrected chi connectivity index (χ3v) is 12.9. The van der Waals surface area contributed by atoms with Gasteiger partial charge in [-0.25, -0.2) is 0 Å². The van der Waals surface area contributed by atoms with Crippen LogP contribution in [0.15, 0.2) is 146 Å². The van der Waals surface area contributed by atoms with E-state index in [9.17, 15) is 0 Å². The summed E-state index contributed by atoms with van der Waals surface area (Å²) < 4.78 is 2.62. The Hall–Kier alpha value is -5.44. The lowest BCUT2D eigenvalue weighted by molar-refractivity contribution is 0.564. The number of para-hydroxylation sites is 1. The molecular formula is C53H49NS. The Morgan fingerprint density at radius 2 is 1.13 bits per heavy atom. The molecule has 8 aromatic rings. The maximum absolute atomic E-state index is 4.03. The fourth-order valence-corrected chi connectivity index (χ4v) is 9.93. The zero-order chi connectivity index (χ0) is 38.3. The summed E-state index contributed by atoms with van der Waals surface area (Å²) in [5.41, 5.74) is 17.9. The first-order valence-electron chi connectivity index (χ1n) is 19.6. The fraction of sp³-hybridized carbons (Fsp3) is 0.208. The summed E-state index contributed by atoms with van der Waals surface area (Å²) in [5.74, 6) is 0. The number of thiophene rings is 1. The van der Waals surface area contributed by atoms with Crippen LogP contribution in [0.5, 0.6) is 0 Å². The van der Waals surface area contributed by atoms with Crippen LogP contribution in [0.3, 0.4) is 0 Å². The van der Waals surface area contributed by atoms with E-state index in [1.54, 1.807) is 0 Å². The quantitative estimate of drug-likeness (QED) is 0.186. The molecule has 0 aliphatic heterocycles. The molecule has 1 aliphatic carbocycles. The Labute approximate surface area is 330 Å². The van der Waals surface area contributed by atoms with Gasteiger partial charge in [-0.1, -0.05) is 171 Å². The molecule has 0 spiro atoms. The molecule has 1 N–H and O–H groups in total. The molecule has 1 nitrogen and oxygen atoms in total. The molecule has 7 aromatic carbocycles. The van der Waals surface area contributed by atoms with E-state index in [2.05, 4.69) is 206 Å². The second-order valence-corrected chi connectivity index (χ2v) is 19.0. The molecule has 9 rings (SSSR count). The average Bonchev–Trinajstić information content (AvgIpc) is 3.67. The van der Waals surface area contributed by atoms with Crippen molar-refractivity contribution in [1.82, 2.24) is 0 Å². The highest BCUT2D eigenvalue weighted by molar-refractivity contribution is 7.25. The van der Waals surface area contributed by atoms with Crippen molar-refractivity contribution in [1.29, 1.82) is 0 Å². The van der Waals surface area contributed by atoms with Crippen LogP contribution in [-0.2, 0) is 16.2 Å². The van der Waals surface area contributed by atoms with Crippen LogP contribution < -0.4 is 5.32 Å². The van der Waals surface area contributed by atoms with E-state index in [-0.39, 0.29) is 16.2 Å². The number of rotatable bonds is 5. The molecule has 0 saturated carbocycles. The lowest BCUT2D eigenvalue weighted by atomic mass is 9.74. The first kappa shape index (κ1) is 35.3. The summed E-state index contributed by atoms with van der Waals surface area (Å²) in [7, 11) is 0. The fourth-order valence-electron chi connectivity index (χ4n) is 8.80. The van der Waals surface area contributed by atoms with Gasteiger partial charge in [-0.3, -0.25) is 0 Å². The summed E-state index contributed by atoms with van der Waals surface area (Å²) in [4.78, 5) is 0. The van der Waals surface area contributed by atoms with Crippen molar-refractivity contribution in [3.63, 3.8) is 0 Å². The average molecular weight is 732 g/mol. The summed E-state index contributed by atoms with van der Waals surface area (Å²) >= 11 is 1.87. The van der Waals surface area contributed by atoms with Crippen LogP contribution >= 0.6 is 11.3 Å². The van der Waals surface area contributed by atoms with Crippen molar-refractivity contribution in [2.45, 2.75) is 71.6 Å². The number of nitrogens with one attached hydrogen (secondary N) is 1. The molecule has 2 heteroatoms. The summed E-state index contributed by atoms with van der Waals surface area (Å²) in [6, 6.07) is 54.1. The first-order chi connectivity index (χ1) is 26.3. The van der Waals surface area contributed by atoms with E-state index in [4.69, 9.17) is 0 Å². The van der Waals surface area contributed by atoms with Crippen molar-refractivity contribution in [2.75, 3.05) is 5.32 Å². The third kappa shape index (κ3) is 5.90.